The van der Waals surface area contributed by atoms with Crippen molar-refractivity contribution in [2.75, 3.05) is 26.2 Å². The van der Waals surface area contributed by atoms with Gasteiger partial charge in [0, 0.05) is 31.2 Å². The third-order valence-corrected chi connectivity index (χ3v) is 5.36. The molecule has 1 saturated heterocycles. The molecule has 0 saturated carbocycles. The Bertz CT molecular complexity index is 766. The molecule has 1 aliphatic rings. The molecule has 0 bridgehead atoms. The van der Waals surface area contributed by atoms with Crippen LogP contribution in [0.2, 0.25) is 0 Å². The van der Waals surface area contributed by atoms with E-state index in [1.165, 1.54) is 24.9 Å². The van der Waals surface area contributed by atoms with Gasteiger partial charge in [-0.15, -0.1) is 24.0 Å². The van der Waals surface area contributed by atoms with Crippen molar-refractivity contribution in [1.29, 1.82) is 0 Å². The van der Waals surface area contributed by atoms with Gasteiger partial charge >= 0.3 is 0 Å². The minimum atomic E-state index is 0. The first kappa shape index (κ1) is 24.7. The minimum absolute atomic E-state index is 0. The van der Waals surface area contributed by atoms with Gasteiger partial charge < -0.3 is 20.0 Å². The number of nitrogens with one attached hydrogen (secondary N) is 2. The van der Waals surface area contributed by atoms with Crippen molar-refractivity contribution in [2.24, 2.45) is 4.99 Å². The topological polar surface area (TPSA) is 65.7 Å². The molecule has 2 heterocycles. The lowest BCUT2D eigenvalue weighted by atomic mass is 10.0. The van der Waals surface area contributed by atoms with E-state index in [9.17, 15) is 0 Å². The first-order valence-corrected chi connectivity index (χ1v) is 11.0. The zero-order valence-corrected chi connectivity index (χ0v) is 20.8. The van der Waals surface area contributed by atoms with Crippen molar-refractivity contribution in [2.45, 2.75) is 59.0 Å². The number of hydrogen-bond donors (Lipinski definition) is 2. The highest BCUT2D eigenvalue weighted by Crippen LogP contribution is 2.21. The highest BCUT2D eigenvalue weighted by molar-refractivity contribution is 14.0. The van der Waals surface area contributed by atoms with Gasteiger partial charge in [-0.25, -0.2) is 9.98 Å². The van der Waals surface area contributed by atoms with E-state index in [0.717, 1.165) is 49.8 Å². The zero-order valence-electron chi connectivity index (χ0n) is 18.5. The molecular formula is C23H36IN5O. The van der Waals surface area contributed by atoms with E-state index in [1.54, 1.807) is 6.20 Å². The smallest absolute Gasteiger partial charge is 0.216 e. The average Bonchev–Trinajstić information content (AvgIpc) is 3.21. The molecule has 1 aromatic heterocycles. The number of aliphatic imine (C=N–C) groups is 1. The van der Waals surface area contributed by atoms with Gasteiger partial charge in [-0.05, 0) is 39.7 Å². The van der Waals surface area contributed by atoms with Gasteiger partial charge in [-0.1, -0.05) is 43.2 Å². The Morgan fingerprint density at radius 2 is 1.93 bits per heavy atom. The van der Waals surface area contributed by atoms with Gasteiger partial charge in [0.2, 0.25) is 5.89 Å². The standard InChI is InChI=1S/C23H35N5O.HI/c1-4-6-13-28-14-11-20(12-15-28)27-23(24-5-2)26-17-22-25-16-21(29-22)19-9-7-18(3)8-10-19;/h7-10,16,20H,4-6,11-15,17H2,1-3H3,(H2,24,26,27);1H. The third kappa shape index (κ3) is 7.58. The molecule has 0 radical (unpaired) electrons. The van der Waals surface area contributed by atoms with E-state index in [1.807, 2.05) is 0 Å². The van der Waals surface area contributed by atoms with Crippen molar-refractivity contribution >= 4 is 29.9 Å². The summed E-state index contributed by atoms with van der Waals surface area (Å²) in [6.07, 6.45) is 6.65. The van der Waals surface area contributed by atoms with E-state index < -0.39 is 0 Å². The average molecular weight is 525 g/mol. The Kier molecular flexibility index (Phi) is 10.6. The normalized spacial score (nSPS) is 15.6. The highest BCUT2D eigenvalue weighted by atomic mass is 127. The van der Waals surface area contributed by atoms with E-state index in [2.05, 4.69) is 65.6 Å². The van der Waals surface area contributed by atoms with Gasteiger partial charge in [0.1, 0.15) is 6.54 Å². The number of halogens is 1. The first-order chi connectivity index (χ1) is 14.2. The number of aromatic nitrogens is 1. The zero-order chi connectivity index (χ0) is 20.5. The lowest BCUT2D eigenvalue weighted by Crippen LogP contribution is -2.48. The molecule has 0 atom stereocenters. The van der Waals surface area contributed by atoms with Crippen LogP contribution in [0.4, 0.5) is 0 Å². The molecule has 7 heteroatoms. The largest absolute Gasteiger partial charge is 0.439 e. The van der Waals surface area contributed by atoms with Crippen LogP contribution in [0.3, 0.4) is 0 Å². The molecule has 2 N–H and O–H groups in total. The van der Waals surface area contributed by atoms with Gasteiger partial charge in [-0.2, -0.15) is 0 Å². The fourth-order valence-corrected chi connectivity index (χ4v) is 3.58. The van der Waals surface area contributed by atoms with Crippen LogP contribution in [-0.4, -0.2) is 48.1 Å². The molecule has 1 aliphatic heterocycles. The quantitative estimate of drug-likeness (QED) is 0.300. The fraction of sp³-hybridized carbons (Fsp3) is 0.565. The molecule has 1 aromatic carbocycles. The van der Waals surface area contributed by atoms with E-state index in [-0.39, 0.29) is 24.0 Å². The van der Waals surface area contributed by atoms with Crippen LogP contribution in [0.1, 0.15) is 51.0 Å². The Balaban J connectivity index is 0.00000320. The van der Waals surface area contributed by atoms with Crippen molar-refractivity contribution in [3.63, 3.8) is 0 Å². The Hall–Kier alpha value is -1.61. The fourth-order valence-electron chi connectivity index (χ4n) is 3.58. The van der Waals surface area contributed by atoms with Crippen LogP contribution in [0.25, 0.3) is 11.3 Å². The van der Waals surface area contributed by atoms with Crippen LogP contribution in [-0.2, 0) is 6.54 Å². The number of unbranched alkanes of at least 4 members (excludes halogenated alkanes) is 1. The van der Waals surface area contributed by atoms with Crippen LogP contribution < -0.4 is 10.6 Å². The molecule has 3 rings (SSSR count). The molecule has 0 unspecified atom stereocenters. The summed E-state index contributed by atoms with van der Waals surface area (Å²) in [6, 6.07) is 8.74. The summed E-state index contributed by atoms with van der Waals surface area (Å²) in [5.74, 6) is 2.26. The lowest BCUT2D eigenvalue weighted by Gasteiger charge is -2.33. The number of rotatable bonds is 8. The SMILES string of the molecule is CCCCN1CCC(NC(=NCc2ncc(-c3ccc(C)cc3)o2)NCC)CC1.I. The van der Waals surface area contributed by atoms with Gasteiger partial charge in [0.15, 0.2) is 11.7 Å². The van der Waals surface area contributed by atoms with Gasteiger partial charge in [0.05, 0.1) is 6.20 Å². The minimum Gasteiger partial charge on any atom is -0.439 e. The van der Waals surface area contributed by atoms with Crippen molar-refractivity contribution < 1.29 is 4.42 Å². The predicted octanol–water partition coefficient (Wildman–Crippen LogP) is 4.59. The molecule has 0 spiro atoms. The maximum absolute atomic E-state index is 5.90. The van der Waals surface area contributed by atoms with Crippen LogP contribution >= 0.6 is 24.0 Å². The Labute approximate surface area is 198 Å². The summed E-state index contributed by atoms with van der Waals surface area (Å²) in [4.78, 5) is 11.7. The number of oxazole rings is 1. The van der Waals surface area contributed by atoms with Crippen molar-refractivity contribution in [3.05, 3.63) is 41.9 Å². The van der Waals surface area contributed by atoms with Crippen LogP contribution in [0, 0.1) is 6.92 Å². The Morgan fingerprint density at radius 1 is 1.20 bits per heavy atom. The lowest BCUT2D eigenvalue weighted by molar-refractivity contribution is 0.203. The third-order valence-electron chi connectivity index (χ3n) is 5.36. The molecule has 0 amide bonds. The monoisotopic (exact) mass is 525 g/mol. The number of nitrogens with zero attached hydrogens (tertiary/aromatic N) is 3. The molecule has 6 nitrogen and oxygen atoms in total. The van der Waals surface area contributed by atoms with Gasteiger partial charge in [0.25, 0.3) is 0 Å². The predicted molar refractivity (Wildman–Crippen MR) is 134 cm³/mol. The number of hydrogen-bond acceptors (Lipinski definition) is 4. The summed E-state index contributed by atoms with van der Waals surface area (Å²) >= 11 is 0. The Morgan fingerprint density at radius 3 is 2.60 bits per heavy atom. The molecule has 1 fully saturated rings. The number of guanidine groups is 1. The summed E-state index contributed by atoms with van der Waals surface area (Å²) in [5, 5.41) is 6.94. The van der Waals surface area contributed by atoms with E-state index >= 15 is 0 Å². The summed E-state index contributed by atoms with van der Waals surface area (Å²) in [5.41, 5.74) is 2.27. The van der Waals surface area contributed by atoms with Gasteiger partial charge in [-0.3, -0.25) is 0 Å². The number of piperidine rings is 1. The molecule has 2 aromatic rings. The number of benzene rings is 1. The van der Waals surface area contributed by atoms with Crippen molar-refractivity contribution in [1.82, 2.24) is 20.5 Å². The van der Waals surface area contributed by atoms with E-state index in [4.69, 9.17) is 9.41 Å². The molecule has 166 valence electrons. The summed E-state index contributed by atoms with van der Waals surface area (Å²) in [7, 11) is 0. The summed E-state index contributed by atoms with van der Waals surface area (Å²) < 4.78 is 5.90. The van der Waals surface area contributed by atoms with E-state index in [0.29, 0.717) is 18.5 Å². The molecule has 30 heavy (non-hydrogen) atoms. The highest BCUT2D eigenvalue weighted by Gasteiger charge is 2.19. The maximum Gasteiger partial charge on any atom is 0.216 e. The second-order valence-electron chi connectivity index (χ2n) is 7.79. The maximum atomic E-state index is 5.90. The van der Waals surface area contributed by atoms with Crippen LogP contribution in [0.15, 0.2) is 39.9 Å². The first-order valence-electron chi connectivity index (χ1n) is 11.0. The van der Waals surface area contributed by atoms with Crippen molar-refractivity contribution in [3.8, 4) is 11.3 Å². The second-order valence-corrected chi connectivity index (χ2v) is 7.79. The second kappa shape index (κ2) is 12.9. The molecular weight excluding hydrogens is 489 g/mol. The number of likely N-dealkylation sites (tertiary alicyclic amines) is 1. The molecule has 0 aliphatic carbocycles. The summed E-state index contributed by atoms with van der Waals surface area (Å²) in [6.45, 7) is 11.2. The number of aryl methyl sites for hydroxylation is 1. The van der Waals surface area contributed by atoms with Crippen LogP contribution in [0.5, 0.6) is 0 Å².